The molecule has 1 saturated carbocycles. The molecule has 0 aromatic heterocycles. The molecule has 20 heavy (non-hydrogen) atoms. The second-order valence-electron chi connectivity index (χ2n) is 7.14. The van der Waals surface area contributed by atoms with Crippen LogP contribution in [-0.2, 0) is 4.79 Å². The first-order valence-corrected chi connectivity index (χ1v) is 8.06. The molecule has 2 atom stereocenters. The second kappa shape index (κ2) is 7.65. The lowest BCUT2D eigenvalue weighted by Gasteiger charge is -2.34. The van der Waals surface area contributed by atoms with Crippen molar-refractivity contribution in [1.82, 2.24) is 10.6 Å². The SMILES string of the molecule is CC(C)CC1(C(=O)NC2CCNC(C)C2)CCCC1.Cl. The summed E-state index contributed by atoms with van der Waals surface area (Å²) in [6, 6.07) is 0.914. The summed E-state index contributed by atoms with van der Waals surface area (Å²) in [4.78, 5) is 12.7. The highest BCUT2D eigenvalue weighted by Crippen LogP contribution is 2.43. The number of carbonyl (C=O) groups excluding carboxylic acids is 1. The molecule has 2 N–H and O–H groups in total. The summed E-state index contributed by atoms with van der Waals surface area (Å²) in [5, 5.41) is 6.80. The molecule has 0 aromatic rings. The maximum atomic E-state index is 12.7. The van der Waals surface area contributed by atoms with Gasteiger partial charge in [-0.3, -0.25) is 4.79 Å². The van der Waals surface area contributed by atoms with E-state index in [1.165, 1.54) is 12.8 Å². The Kier molecular flexibility index (Phi) is 6.80. The molecule has 1 saturated heterocycles. The van der Waals surface area contributed by atoms with Crippen LogP contribution in [0.25, 0.3) is 0 Å². The molecule has 0 radical (unpaired) electrons. The van der Waals surface area contributed by atoms with E-state index in [1.54, 1.807) is 0 Å². The number of carbonyl (C=O) groups is 1. The van der Waals surface area contributed by atoms with Gasteiger partial charge in [0.15, 0.2) is 0 Å². The smallest absolute Gasteiger partial charge is 0.226 e. The molecule has 1 aliphatic heterocycles. The van der Waals surface area contributed by atoms with Gasteiger partial charge in [0, 0.05) is 17.5 Å². The van der Waals surface area contributed by atoms with Gasteiger partial charge < -0.3 is 10.6 Å². The molecule has 2 fully saturated rings. The van der Waals surface area contributed by atoms with Crippen LogP contribution in [0.1, 0.15) is 65.7 Å². The summed E-state index contributed by atoms with van der Waals surface area (Å²) < 4.78 is 0. The van der Waals surface area contributed by atoms with E-state index in [4.69, 9.17) is 0 Å². The average molecular weight is 303 g/mol. The van der Waals surface area contributed by atoms with Crippen molar-refractivity contribution in [2.24, 2.45) is 11.3 Å². The van der Waals surface area contributed by atoms with Gasteiger partial charge in [-0.15, -0.1) is 12.4 Å². The predicted molar refractivity (Wildman–Crippen MR) is 86.2 cm³/mol. The zero-order chi connectivity index (χ0) is 13.9. The lowest BCUT2D eigenvalue weighted by atomic mass is 9.77. The zero-order valence-electron chi connectivity index (χ0n) is 13.2. The quantitative estimate of drug-likeness (QED) is 0.837. The van der Waals surface area contributed by atoms with Gasteiger partial charge in [0.2, 0.25) is 5.91 Å². The first-order valence-electron chi connectivity index (χ1n) is 8.06. The summed E-state index contributed by atoms with van der Waals surface area (Å²) >= 11 is 0. The molecule has 1 aliphatic carbocycles. The molecule has 4 heteroatoms. The summed E-state index contributed by atoms with van der Waals surface area (Å²) in [5.74, 6) is 0.952. The van der Waals surface area contributed by atoms with Gasteiger partial charge in [0.05, 0.1) is 0 Å². The number of nitrogens with one attached hydrogen (secondary N) is 2. The molecular formula is C16H31ClN2O. The van der Waals surface area contributed by atoms with E-state index in [0.717, 1.165) is 38.6 Å². The fourth-order valence-corrected chi connectivity index (χ4v) is 3.96. The first kappa shape index (κ1) is 17.8. The van der Waals surface area contributed by atoms with E-state index in [-0.39, 0.29) is 17.8 Å². The standard InChI is InChI=1S/C16H30N2O.ClH/c1-12(2)11-16(7-4-5-8-16)15(19)18-14-6-9-17-13(3)10-14;/h12-14,17H,4-11H2,1-3H3,(H,18,19);1H. The monoisotopic (exact) mass is 302 g/mol. The topological polar surface area (TPSA) is 41.1 Å². The number of hydrogen-bond donors (Lipinski definition) is 2. The van der Waals surface area contributed by atoms with E-state index >= 15 is 0 Å². The maximum Gasteiger partial charge on any atom is 0.226 e. The normalized spacial score (nSPS) is 29.0. The Morgan fingerprint density at radius 1 is 1.35 bits per heavy atom. The molecule has 0 spiro atoms. The Labute approximate surface area is 130 Å². The third-order valence-electron chi connectivity index (χ3n) is 4.80. The van der Waals surface area contributed by atoms with Crippen molar-refractivity contribution in [3.63, 3.8) is 0 Å². The van der Waals surface area contributed by atoms with E-state index in [2.05, 4.69) is 31.4 Å². The largest absolute Gasteiger partial charge is 0.353 e. The van der Waals surface area contributed by atoms with Gasteiger partial charge in [0.25, 0.3) is 0 Å². The summed E-state index contributed by atoms with van der Waals surface area (Å²) in [6.07, 6.45) is 7.84. The Morgan fingerprint density at radius 3 is 2.55 bits per heavy atom. The lowest BCUT2D eigenvalue weighted by Crippen LogP contribution is -2.50. The molecule has 0 bridgehead atoms. The minimum absolute atomic E-state index is 0. The summed E-state index contributed by atoms with van der Waals surface area (Å²) in [6.45, 7) is 7.71. The van der Waals surface area contributed by atoms with Crippen molar-refractivity contribution in [3.05, 3.63) is 0 Å². The maximum absolute atomic E-state index is 12.7. The molecule has 2 rings (SSSR count). The van der Waals surface area contributed by atoms with Gasteiger partial charge in [-0.1, -0.05) is 26.7 Å². The predicted octanol–water partition coefficient (Wildman–Crippen LogP) is 3.27. The summed E-state index contributed by atoms with van der Waals surface area (Å²) in [7, 11) is 0. The average Bonchev–Trinajstić information content (AvgIpc) is 2.78. The Balaban J connectivity index is 0.00000200. The Hall–Kier alpha value is -0.280. The lowest BCUT2D eigenvalue weighted by molar-refractivity contribution is -0.132. The number of piperidine rings is 1. The molecule has 2 aliphatic rings. The highest BCUT2D eigenvalue weighted by Gasteiger charge is 2.42. The molecule has 2 unspecified atom stereocenters. The minimum Gasteiger partial charge on any atom is -0.353 e. The van der Waals surface area contributed by atoms with Crippen LogP contribution in [0.15, 0.2) is 0 Å². The van der Waals surface area contributed by atoms with Gasteiger partial charge in [-0.25, -0.2) is 0 Å². The van der Waals surface area contributed by atoms with Crippen molar-refractivity contribution in [2.45, 2.75) is 77.8 Å². The third kappa shape index (κ3) is 4.36. The highest BCUT2D eigenvalue weighted by atomic mass is 35.5. The van der Waals surface area contributed by atoms with Crippen LogP contribution in [0.2, 0.25) is 0 Å². The van der Waals surface area contributed by atoms with Crippen molar-refractivity contribution >= 4 is 18.3 Å². The van der Waals surface area contributed by atoms with Gasteiger partial charge in [-0.2, -0.15) is 0 Å². The number of hydrogen-bond acceptors (Lipinski definition) is 2. The van der Waals surface area contributed by atoms with Crippen LogP contribution in [0, 0.1) is 11.3 Å². The second-order valence-corrected chi connectivity index (χ2v) is 7.14. The first-order chi connectivity index (χ1) is 9.02. The van der Waals surface area contributed by atoms with Gasteiger partial charge >= 0.3 is 0 Å². The van der Waals surface area contributed by atoms with E-state index in [1.807, 2.05) is 0 Å². The van der Waals surface area contributed by atoms with Crippen LogP contribution in [-0.4, -0.2) is 24.5 Å². The van der Waals surface area contributed by atoms with Crippen LogP contribution in [0.3, 0.4) is 0 Å². The fourth-order valence-electron chi connectivity index (χ4n) is 3.96. The number of halogens is 1. The van der Waals surface area contributed by atoms with E-state index in [9.17, 15) is 4.79 Å². The van der Waals surface area contributed by atoms with Crippen LogP contribution in [0.4, 0.5) is 0 Å². The van der Waals surface area contributed by atoms with Crippen LogP contribution >= 0.6 is 12.4 Å². The van der Waals surface area contributed by atoms with E-state index in [0.29, 0.717) is 23.9 Å². The van der Waals surface area contributed by atoms with Crippen molar-refractivity contribution in [3.8, 4) is 0 Å². The van der Waals surface area contributed by atoms with Crippen molar-refractivity contribution in [2.75, 3.05) is 6.54 Å². The molecule has 1 amide bonds. The van der Waals surface area contributed by atoms with Crippen LogP contribution in [0.5, 0.6) is 0 Å². The number of amides is 1. The zero-order valence-corrected chi connectivity index (χ0v) is 14.0. The molecule has 3 nitrogen and oxygen atoms in total. The fraction of sp³-hybridized carbons (Fsp3) is 0.938. The Bertz CT molecular complexity index is 314. The molecule has 1 heterocycles. The highest BCUT2D eigenvalue weighted by molar-refractivity contribution is 5.85. The van der Waals surface area contributed by atoms with Crippen molar-refractivity contribution in [1.29, 1.82) is 0 Å². The Morgan fingerprint density at radius 2 is 2.00 bits per heavy atom. The number of rotatable bonds is 4. The third-order valence-corrected chi connectivity index (χ3v) is 4.80. The van der Waals surface area contributed by atoms with Gasteiger partial charge in [-0.05, 0) is 51.5 Å². The molecular weight excluding hydrogens is 272 g/mol. The van der Waals surface area contributed by atoms with Crippen molar-refractivity contribution < 1.29 is 4.79 Å². The summed E-state index contributed by atoms with van der Waals surface area (Å²) in [5.41, 5.74) is -0.0533. The molecule has 0 aromatic carbocycles. The van der Waals surface area contributed by atoms with Crippen LogP contribution < -0.4 is 10.6 Å². The van der Waals surface area contributed by atoms with E-state index < -0.39 is 0 Å². The minimum atomic E-state index is -0.0533. The van der Waals surface area contributed by atoms with Gasteiger partial charge in [0.1, 0.15) is 0 Å². The molecule has 118 valence electrons.